The number of aromatic nitrogens is 1. The maximum absolute atomic E-state index is 11.1. The van der Waals surface area contributed by atoms with E-state index in [1.54, 1.807) is 18.5 Å². The molecule has 0 aliphatic carbocycles. The van der Waals surface area contributed by atoms with Crippen LogP contribution in [0.15, 0.2) is 16.7 Å². The minimum absolute atomic E-state index is 0.182. The van der Waals surface area contributed by atoms with E-state index in [4.69, 9.17) is 11.6 Å². The van der Waals surface area contributed by atoms with Crippen molar-refractivity contribution in [1.29, 1.82) is 0 Å². The topological polar surface area (TPSA) is 42.0 Å². The first-order valence-corrected chi connectivity index (χ1v) is 7.67. The van der Waals surface area contributed by atoms with Crippen molar-refractivity contribution in [2.24, 2.45) is 0 Å². The molecular formula is C10H14BrClN2OS. The van der Waals surface area contributed by atoms with Crippen LogP contribution in [0.5, 0.6) is 0 Å². The molecule has 1 rings (SSSR count). The Bertz CT molecular complexity index is 389. The van der Waals surface area contributed by atoms with E-state index in [0.29, 0.717) is 10.8 Å². The Hall–Kier alpha value is -0.130. The molecule has 0 radical (unpaired) electrons. The van der Waals surface area contributed by atoms with Crippen molar-refractivity contribution in [1.82, 2.24) is 4.98 Å². The van der Waals surface area contributed by atoms with Crippen molar-refractivity contribution in [3.05, 3.63) is 21.8 Å². The highest BCUT2D eigenvalue weighted by Crippen LogP contribution is 2.22. The van der Waals surface area contributed by atoms with Gasteiger partial charge in [-0.2, -0.15) is 0 Å². The highest BCUT2D eigenvalue weighted by atomic mass is 79.9. The van der Waals surface area contributed by atoms with Gasteiger partial charge in [-0.05, 0) is 28.4 Å². The quantitative estimate of drug-likeness (QED) is 0.904. The smallest absolute Gasteiger partial charge is 0.144 e. The zero-order chi connectivity index (χ0) is 12.1. The van der Waals surface area contributed by atoms with Crippen LogP contribution in [0.3, 0.4) is 0 Å². The maximum Gasteiger partial charge on any atom is 0.144 e. The minimum Gasteiger partial charge on any atom is -0.369 e. The lowest BCUT2D eigenvalue weighted by atomic mass is 10.3. The molecule has 0 amide bonds. The van der Waals surface area contributed by atoms with E-state index in [0.717, 1.165) is 17.4 Å². The third-order valence-electron chi connectivity index (χ3n) is 2.22. The Balaban J connectivity index is 2.46. The molecule has 0 aliphatic rings. The lowest BCUT2D eigenvalue weighted by Crippen LogP contribution is -2.15. The second kappa shape index (κ2) is 6.57. The second-order valence-electron chi connectivity index (χ2n) is 3.51. The van der Waals surface area contributed by atoms with Crippen LogP contribution in [0, 0.1) is 0 Å². The molecule has 0 aromatic carbocycles. The van der Waals surface area contributed by atoms with E-state index in [9.17, 15) is 4.21 Å². The van der Waals surface area contributed by atoms with Crippen LogP contribution in [-0.2, 0) is 10.8 Å². The van der Waals surface area contributed by atoms with Gasteiger partial charge < -0.3 is 5.32 Å². The SMILES string of the molecule is CC(CCNc1ncc(Br)cc1Cl)S(C)=O. The van der Waals surface area contributed by atoms with Crippen molar-refractivity contribution in [2.45, 2.75) is 18.6 Å². The molecule has 1 aromatic heterocycles. The average Bonchev–Trinajstić information content (AvgIpc) is 2.20. The maximum atomic E-state index is 11.1. The summed E-state index contributed by atoms with van der Waals surface area (Å²) in [6, 6.07) is 1.79. The standard InChI is InChI=1S/C10H14BrClN2OS/c1-7(16(2)15)3-4-13-10-9(12)5-8(11)6-14-10/h5-7H,3-4H2,1-2H3,(H,13,14). The third-order valence-corrected chi connectivity index (χ3v) is 4.31. The van der Waals surface area contributed by atoms with Gasteiger partial charge in [-0.1, -0.05) is 18.5 Å². The first-order chi connectivity index (χ1) is 7.50. The summed E-state index contributed by atoms with van der Waals surface area (Å²) in [5.74, 6) is 0.666. The van der Waals surface area contributed by atoms with E-state index in [1.807, 2.05) is 6.92 Å². The Morgan fingerprint density at radius 1 is 1.69 bits per heavy atom. The summed E-state index contributed by atoms with van der Waals surface area (Å²) in [5.41, 5.74) is 0. The Kier molecular flexibility index (Phi) is 5.72. The number of hydrogen-bond acceptors (Lipinski definition) is 3. The average molecular weight is 326 g/mol. The van der Waals surface area contributed by atoms with Crippen molar-refractivity contribution in [2.75, 3.05) is 18.1 Å². The fourth-order valence-corrected chi connectivity index (χ4v) is 2.25. The molecular weight excluding hydrogens is 312 g/mol. The van der Waals surface area contributed by atoms with Crippen LogP contribution >= 0.6 is 27.5 Å². The van der Waals surface area contributed by atoms with Gasteiger partial charge in [0.25, 0.3) is 0 Å². The van der Waals surface area contributed by atoms with E-state index in [1.165, 1.54) is 0 Å². The Labute approximate surface area is 112 Å². The molecule has 0 saturated carbocycles. The van der Waals surface area contributed by atoms with E-state index in [2.05, 4.69) is 26.2 Å². The molecule has 1 N–H and O–H groups in total. The largest absolute Gasteiger partial charge is 0.369 e. The molecule has 90 valence electrons. The number of halogens is 2. The monoisotopic (exact) mass is 324 g/mol. The predicted molar refractivity (Wildman–Crippen MR) is 73.6 cm³/mol. The van der Waals surface area contributed by atoms with Gasteiger partial charge in [0.05, 0.1) is 5.02 Å². The van der Waals surface area contributed by atoms with Crippen molar-refractivity contribution in [3.8, 4) is 0 Å². The van der Waals surface area contributed by atoms with Crippen molar-refractivity contribution >= 4 is 44.1 Å². The molecule has 16 heavy (non-hydrogen) atoms. The second-order valence-corrected chi connectivity index (χ2v) is 6.63. The summed E-state index contributed by atoms with van der Waals surface area (Å²) in [6.07, 6.45) is 4.24. The molecule has 2 unspecified atom stereocenters. The zero-order valence-corrected chi connectivity index (χ0v) is 12.3. The number of nitrogens with zero attached hydrogens (tertiary/aromatic N) is 1. The Morgan fingerprint density at radius 3 is 2.94 bits per heavy atom. The normalized spacial score (nSPS) is 14.5. The number of hydrogen-bond donors (Lipinski definition) is 1. The fraction of sp³-hybridized carbons (Fsp3) is 0.500. The van der Waals surface area contributed by atoms with Gasteiger partial charge in [0.2, 0.25) is 0 Å². The van der Waals surface area contributed by atoms with Crippen molar-refractivity contribution in [3.63, 3.8) is 0 Å². The van der Waals surface area contributed by atoms with Crippen LogP contribution in [0.2, 0.25) is 5.02 Å². The van der Waals surface area contributed by atoms with Crippen LogP contribution in [0.1, 0.15) is 13.3 Å². The molecule has 0 aliphatic heterocycles. The molecule has 0 spiro atoms. The summed E-state index contributed by atoms with van der Waals surface area (Å²) in [5, 5.41) is 3.89. The summed E-state index contributed by atoms with van der Waals surface area (Å²) >= 11 is 9.28. The van der Waals surface area contributed by atoms with E-state index in [-0.39, 0.29) is 5.25 Å². The van der Waals surface area contributed by atoms with Gasteiger partial charge in [-0.15, -0.1) is 0 Å². The zero-order valence-electron chi connectivity index (χ0n) is 9.17. The van der Waals surface area contributed by atoms with E-state index >= 15 is 0 Å². The number of nitrogens with one attached hydrogen (secondary N) is 1. The van der Waals surface area contributed by atoms with Crippen LogP contribution in [0.25, 0.3) is 0 Å². The van der Waals surface area contributed by atoms with E-state index < -0.39 is 10.8 Å². The van der Waals surface area contributed by atoms with Gasteiger partial charge in [0, 0.05) is 39.5 Å². The van der Waals surface area contributed by atoms with Gasteiger partial charge >= 0.3 is 0 Å². The summed E-state index contributed by atoms with van der Waals surface area (Å²) in [4.78, 5) is 4.15. The van der Waals surface area contributed by atoms with Gasteiger partial charge in [-0.3, -0.25) is 4.21 Å². The number of pyridine rings is 1. The fourth-order valence-electron chi connectivity index (χ4n) is 1.10. The number of rotatable bonds is 5. The lowest BCUT2D eigenvalue weighted by molar-refractivity contribution is 0.672. The molecule has 2 atom stereocenters. The summed E-state index contributed by atoms with van der Waals surface area (Å²) in [7, 11) is -0.778. The molecule has 0 fully saturated rings. The van der Waals surface area contributed by atoms with Gasteiger partial charge in [0.1, 0.15) is 5.82 Å². The molecule has 0 bridgehead atoms. The molecule has 1 heterocycles. The number of anilines is 1. The molecule has 6 heteroatoms. The van der Waals surface area contributed by atoms with Crippen LogP contribution < -0.4 is 5.32 Å². The summed E-state index contributed by atoms with van der Waals surface area (Å²) < 4.78 is 12.0. The van der Waals surface area contributed by atoms with Crippen LogP contribution in [0.4, 0.5) is 5.82 Å². The highest BCUT2D eigenvalue weighted by Gasteiger charge is 2.07. The van der Waals surface area contributed by atoms with Crippen molar-refractivity contribution < 1.29 is 4.21 Å². The lowest BCUT2D eigenvalue weighted by Gasteiger charge is -2.10. The highest BCUT2D eigenvalue weighted by molar-refractivity contribution is 9.10. The Morgan fingerprint density at radius 2 is 2.38 bits per heavy atom. The molecule has 0 saturated heterocycles. The van der Waals surface area contributed by atoms with Gasteiger partial charge in [0.15, 0.2) is 0 Å². The predicted octanol–water partition coefficient (Wildman–Crippen LogP) is 3.07. The summed E-state index contributed by atoms with van der Waals surface area (Å²) in [6.45, 7) is 2.68. The van der Waals surface area contributed by atoms with Gasteiger partial charge in [-0.25, -0.2) is 4.98 Å². The minimum atomic E-state index is -0.778. The third kappa shape index (κ3) is 4.39. The van der Waals surface area contributed by atoms with Crippen LogP contribution in [-0.4, -0.2) is 27.2 Å². The first-order valence-electron chi connectivity index (χ1n) is 4.88. The first kappa shape index (κ1) is 13.9. The molecule has 1 aromatic rings. The molecule has 3 nitrogen and oxygen atoms in total.